The zero-order valence-electron chi connectivity index (χ0n) is 13.8. The van der Waals surface area contributed by atoms with Gasteiger partial charge in [-0.3, -0.25) is 9.52 Å². The lowest BCUT2D eigenvalue weighted by molar-refractivity contribution is 0.103. The second-order valence-corrected chi connectivity index (χ2v) is 8.20. The Morgan fingerprint density at radius 2 is 1.78 bits per heavy atom. The summed E-state index contributed by atoms with van der Waals surface area (Å²) in [5.74, 6) is 0.735. The summed E-state index contributed by atoms with van der Waals surface area (Å²) in [4.78, 5) is 13.0. The van der Waals surface area contributed by atoms with Gasteiger partial charge in [0.15, 0.2) is 11.5 Å². The van der Waals surface area contributed by atoms with E-state index in [0.29, 0.717) is 17.2 Å². The van der Waals surface area contributed by atoms with Crippen LogP contribution < -0.4 is 19.5 Å². The van der Waals surface area contributed by atoms with E-state index in [0.717, 1.165) is 11.3 Å². The number of nitrogens with one attached hydrogen (secondary N) is 2. The van der Waals surface area contributed by atoms with Crippen LogP contribution in [0.5, 0.6) is 11.5 Å². The number of rotatable bonds is 5. The van der Waals surface area contributed by atoms with Crippen molar-refractivity contribution in [2.45, 2.75) is 4.90 Å². The van der Waals surface area contributed by atoms with Gasteiger partial charge in [-0.1, -0.05) is 18.2 Å². The summed E-state index contributed by atoms with van der Waals surface area (Å²) in [6.07, 6.45) is 0. The van der Waals surface area contributed by atoms with Crippen LogP contribution >= 0.6 is 11.3 Å². The number of sulfonamides is 1. The van der Waals surface area contributed by atoms with Gasteiger partial charge in [0.2, 0.25) is 6.79 Å². The largest absolute Gasteiger partial charge is 0.454 e. The maximum absolute atomic E-state index is 12.6. The van der Waals surface area contributed by atoms with Crippen LogP contribution in [-0.4, -0.2) is 21.1 Å². The second kappa shape index (κ2) is 6.93. The van der Waals surface area contributed by atoms with Crippen LogP contribution in [-0.2, 0) is 10.0 Å². The maximum Gasteiger partial charge on any atom is 0.267 e. The SMILES string of the molecule is O=C(Nc1ccc2c(c1)OCO2)c1sccc1NS(=O)(=O)c1ccccc1. The Bertz CT molecular complexity index is 1090. The first kappa shape index (κ1) is 17.4. The summed E-state index contributed by atoms with van der Waals surface area (Å²) < 4.78 is 38.0. The van der Waals surface area contributed by atoms with Crippen LogP contribution in [0.2, 0.25) is 0 Å². The predicted octanol–water partition coefficient (Wildman–Crippen LogP) is 3.53. The van der Waals surface area contributed by atoms with Gasteiger partial charge >= 0.3 is 0 Å². The van der Waals surface area contributed by atoms with Crippen molar-refractivity contribution in [3.8, 4) is 11.5 Å². The fourth-order valence-electron chi connectivity index (χ4n) is 2.53. The van der Waals surface area contributed by atoms with Crippen LogP contribution in [0.15, 0.2) is 64.9 Å². The molecule has 7 nitrogen and oxygen atoms in total. The number of anilines is 2. The molecule has 1 amide bonds. The molecule has 2 aromatic carbocycles. The van der Waals surface area contributed by atoms with Crippen molar-refractivity contribution in [1.82, 2.24) is 0 Å². The fourth-order valence-corrected chi connectivity index (χ4v) is 4.43. The first-order valence-corrected chi connectivity index (χ1v) is 10.3. The highest BCUT2D eigenvalue weighted by Crippen LogP contribution is 2.34. The molecule has 0 fully saturated rings. The van der Waals surface area contributed by atoms with Gasteiger partial charge in [-0.2, -0.15) is 0 Å². The maximum atomic E-state index is 12.6. The monoisotopic (exact) mass is 402 g/mol. The highest BCUT2D eigenvalue weighted by Gasteiger charge is 2.21. The van der Waals surface area contributed by atoms with E-state index in [9.17, 15) is 13.2 Å². The molecule has 0 aliphatic carbocycles. The molecule has 4 rings (SSSR count). The van der Waals surface area contributed by atoms with E-state index in [1.165, 1.54) is 12.1 Å². The third kappa shape index (κ3) is 3.60. The van der Waals surface area contributed by atoms with Crippen molar-refractivity contribution in [3.05, 3.63) is 64.9 Å². The first-order chi connectivity index (χ1) is 13.0. The quantitative estimate of drug-likeness (QED) is 0.681. The lowest BCUT2D eigenvalue weighted by atomic mass is 10.2. The number of thiophene rings is 1. The topological polar surface area (TPSA) is 93.7 Å². The number of amides is 1. The molecule has 1 aliphatic heterocycles. The zero-order chi connectivity index (χ0) is 18.9. The van der Waals surface area contributed by atoms with E-state index in [1.54, 1.807) is 47.8 Å². The number of carbonyl (C=O) groups is 1. The highest BCUT2D eigenvalue weighted by atomic mass is 32.2. The number of hydrogen-bond donors (Lipinski definition) is 2. The van der Waals surface area contributed by atoms with Gasteiger partial charge < -0.3 is 14.8 Å². The summed E-state index contributed by atoms with van der Waals surface area (Å²) in [5.41, 5.74) is 0.747. The average molecular weight is 402 g/mol. The summed E-state index contributed by atoms with van der Waals surface area (Å²) in [6, 6.07) is 14.6. The molecule has 0 saturated heterocycles. The molecular weight excluding hydrogens is 388 g/mol. The molecule has 2 N–H and O–H groups in total. The molecule has 0 unspecified atom stereocenters. The van der Waals surface area contributed by atoms with Crippen molar-refractivity contribution in [1.29, 1.82) is 0 Å². The third-order valence-electron chi connectivity index (χ3n) is 3.80. The minimum absolute atomic E-state index is 0.123. The smallest absolute Gasteiger partial charge is 0.267 e. The Balaban J connectivity index is 1.54. The van der Waals surface area contributed by atoms with Crippen molar-refractivity contribution in [2.24, 2.45) is 0 Å². The number of carbonyl (C=O) groups excluding carboxylic acids is 1. The van der Waals surface area contributed by atoms with Crippen molar-refractivity contribution >= 4 is 38.6 Å². The van der Waals surface area contributed by atoms with Gasteiger partial charge in [0.1, 0.15) is 4.88 Å². The van der Waals surface area contributed by atoms with Crippen molar-refractivity contribution in [2.75, 3.05) is 16.8 Å². The Morgan fingerprint density at radius 3 is 2.59 bits per heavy atom. The number of hydrogen-bond acceptors (Lipinski definition) is 6. The molecule has 9 heteroatoms. The molecule has 0 radical (unpaired) electrons. The molecule has 27 heavy (non-hydrogen) atoms. The summed E-state index contributed by atoms with van der Waals surface area (Å²) in [7, 11) is -3.78. The van der Waals surface area contributed by atoms with Crippen LogP contribution in [0.3, 0.4) is 0 Å². The van der Waals surface area contributed by atoms with Crippen LogP contribution in [0.25, 0.3) is 0 Å². The number of ether oxygens (including phenoxy) is 2. The van der Waals surface area contributed by atoms with Crippen LogP contribution in [0.4, 0.5) is 11.4 Å². The van der Waals surface area contributed by atoms with Gasteiger partial charge in [-0.15, -0.1) is 11.3 Å². The first-order valence-electron chi connectivity index (χ1n) is 7.89. The summed E-state index contributed by atoms with van der Waals surface area (Å²) in [5, 5.41) is 4.39. The normalized spacial score (nSPS) is 12.6. The highest BCUT2D eigenvalue weighted by molar-refractivity contribution is 7.92. The van der Waals surface area contributed by atoms with E-state index in [4.69, 9.17) is 9.47 Å². The van der Waals surface area contributed by atoms with E-state index in [-0.39, 0.29) is 22.3 Å². The molecule has 1 aromatic heterocycles. The zero-order valence-corrected chi connectivity index (χ0v) is 15.5. The molecule has 2 heterocycles. The molecule has 0 atom stereocenters. The van der Waals surface area contributed by atoms with E-state index < -0.39 is 15.9 Å². The number of fused-ring (bicyclic) bond motifs is 1. The van der Waals surface area contributed by atoms with Gasteiger partial charge in [0.05, 0.1) is 10.6 Å². The van der Waals surface area contributed by atoms with E-state index in [1.807, 2.05) is 0 Å². The van der Waals surface area contributed by atoms with Gasteiger partial charge in [0, 0.05) is 11.8 Å². The van der Waals surface area contributed by atoms with Gasteiger partial charge in [-0.25, -0.2) is 8.42 Å². The molecule has 1 aliphatic rings. The minimum Gasteiger partial charge on any atom is -0.454 e. The van der Waals surface area contributed by atoms with E-state index in [2.05, 4.69) is 10.0 Å². The molecule has 138 valence electrons. The standard InChI is InChI=1S/C18H14N2O5S2/c21-18(19-12-6-7-15-16(10-12)25-11-24-15)17-14(8-9-26-17)20-27(22,23)13-4-2-1-3-5-13/h1-10,20H,11H2,(H,19,21). The lowest BCUT2D eigenvalue weighted by Crippen LogP contribution is -2.17. The summed E-state index contributed by atoms with van der Waals surface area (Å²) in [6.45, 7) is 0.142. The van der Waals surface area contributed by atoms with Crippen LogP contribution in [0, 0.1) is 0 Å². The average Bonchev–Trinajstić information content (AvgIpc) is 3.31. The minimum atomic E-state index is -3.78. The summed E-state index contributed by atoms with van der Waals surface area (Å²) >= 11 is 1.14. The fraction of sp³-hybridized carbons (Fsp3) is 0.0556. The molecule has 0 saturated carbocycles. The predicted molar refractivity (Wildman–Crippen MR) is 102 cm³/mol. The Kier molecular flexibility index (Phi) is 4.46. The lowest BCUT2D eigenvalue weighted by Gasteiger charge is -2.10. The molecule has 3 aromatic rings. The van der Waals surface area contributed by atoms with Crippen LogP contribution in [0.1, 0.15) is 9.67 Å². The molecule has 0 bridgehead atoms. The Labute approximate surface area is 159 Å². The van der Waals surface area contributed by atoms with Crippen molar-refractivity contribution in [3.63, 3.8) is 0 Å². The third-order valence-corrected chi connectivity index (χ3v) is 6.09. The van der Waals surface area contributed by atoms with E-state index >= 15 is 0 Å². The van der Waals surface area contributed by atoms with Gasteiger partial charge in [0.25, 0.3) is 15.9 Å². The number of benzene rings is 2. The second-order valence-electron chi connectivity index (χ2n) is 5.60. The molecule has 0 spiro atoms. The van der Waals surface area contributed by atoms with Gasteiger partial charge in [-0.05, 0) is 35.7 Å². The van der Waals surface area contributed by atoms with Crippen molar-refractivity contribution < 1.29 is 22.7 Å². The Morgan fingerprint density at radius 1 is 1.00 bits per heavy atom. The molecular formula is C18H14N2O5S2. The Hall–Kier alpha value is -3.04.